The van der Waals surface area contributed by atoms with E-state index in [0.717, 1.165) is 0 Å². The van der Waals surface area contributed by atoms with Crippen LogP contribution < -0.4 is 15.8 Å². The van der Waals surface area contributed by atoms with Gasteiger partial charge in [-0.25, -0.2) is 4.98 Å². The number of nitro benzene ring substituents is 1. The summed E-state index contributed by atoms with van der Waals surface area (Å²) in [6.45, 7) is 2.48. The number of nitro groups is 1. The number of hydrogen-bond acceptors (Lipinski definition) is 10. The molecule has 0 spiro atoms. The maximum atomic E-state index is 10.7. The van der Waals surface area contributed by atoms with E-state index in [1.54, 1.807) is 6.92 Å². The number of rotatable bonds is 10. The molecule has 168 valence electrons. The number of aromatic nitrogens is 1. The van der Waals surface area contributed by atoms with Gasteiger partial charge in [0.2, 0.25) is 0 Å². The van der Waals surface area contributed by atoms with Gasteiger partial charge in [-0.3, -0.25) is 10.1 Å². The molecule has 0 saturated carbocycles. The van der Waals surface area contributed by atoms with E-state index >= 15 is 0 Å². The number of anilines is 2. The summed E-state index contributed by atoms with van der Waals surface area (Å²) >= 11 is 0. The summed E-state index contributed by atoms with van der Waals surface area (Å²) in [7, 11) is 0. The fraction of sp³-hybridized carbons (Fsp3) is 0.182. The molecule has 2 aromatic carbocycles. The molecule has 0 aliphatic carbocycles. The quantitative estimate of drug-likeness (QED) is 0.149. The highest BCUT2D eigenvalue weighted by atomic mass is 16.7. The zero-order valence-electron chi connectivity index (χ0n) is 17.8. The minimum Gasteiger partial charge on any atom is -0.468 e. The average molecular weight is 447 g/mol. The molecular formula is C22H21N7O4. The van der Waals surface area contributed by atoms with E-state index in [1.807, 2.05) is 30.3 Å². The van der Waals surface area contributed by atoms with Crippen LogP contribution >= 0.6 is 0 Å². The number of nitrogens with one attached hydrogen (secondary N) is 1. The zero-order valence-corrected chi connectivity index (χ0v) is 17.8. The predicted molar refractivity (Wildman–Crippen MR) is 122 cm³/mol. The Morgan fingerprint density at radius 2 is 1.91 bits per heavy atom. The van der Waals surface area contributed by atoms with Gasteiger partial charge in [-0.05, 0) is 31.2 Å². The smallest absolute Gasteiger partial charge is 0.269 e. The van der Waals surface area contributed by atoms with E-state index < -0.39 is 4.92 Å². The van der Waals surface area contributed by atoms with Crippen LogP contribution in [0.5, 0.6) is 5.75 Å². The predicted octanol–water partition coefficient (Wildman–Crippen LogP) is 4.63. The summed E-state index contributed by atoms with van der Waals surface area (Å²) in [5.41, 5.74) is 7.42. The first-order valence-electron chi connectivity index (χ1n) is 9.85. The van der Waals surface area contributed by atoms with Crippen molar-refractivity contribution < 1.29 is 14.4 Å². The summed E-state index contributed by atoms with van der Waals surface area (Å²) < 4.78 is 10.9. The van der Waals surface area contributed by atoms with Crippen molar-refractivity contribution in [3.63, 3.8) is 0 Å². The molecule has 11 heteroatoms. The lowest BCUT2D eigenvalue weighted by Gasteiger charge is -2.12. The third-order valence-corrected chi connectivity index (χ3v) is 4.47. The number of hydrogen-bond donors (Lipinski definition) is 2. The molecule has 0 saturated heterocycles. The van der Waals surface area contributed by atoms with Crippen molar-refractivity contribution in [1.82, 2.24) is 4.98 Å². The van der Waals surface area contributed by atoms with E-state index in [-0.39, 0.29) is 29.5 Å². The first-order valence-corrected chi connectivity index (χ1v) is 9.85. The Bertz CT molecular complexity index is 1180. The summed E-state index contributed by atoms with van der Waals surface area (Å²) in [6, 6.07) is 17.0. The van der Waals surface area contributed by atoms with Crippen LogP contribution in [0.4, 0.5) is 28.7 Å². The van der Waals surface area contributed by atoms with Gasteiger partial charge < -0.3 is 20.5 Å². The number of nitrogen functional groups attached to an aromatic ring is 1. The van der Waals surface area contributed by atoms with Crippen LogP contribution in [-0.4, -0.2) is 29.9 Å². The number of benzene rings is 2. The number of non-ortho nitro benzene ring substituents is 1. The van der Waals surface area contributed by atoms with Crippen LogP contribution in [0, 0.1) is 28.4 Å². The van der Waals surface area contributed by atoms with Gasteiger partial charge in [-0.2, -0.15) is 10.4 Å². The second kappa shape index (κ2) is 11.2. The fourth-order valence-corrected chi connectivity index (χ4v) is 2.78. The molecule has 0 radical (unpaired) electrons. The summed E-state index contributed by atoms with van der Waals surface area (Å²) in [6.07, 6.45) is 0. The van der Waals surface area contributed by atoms with Crippen LogP contribution in [-0.2, 0) is 4.74 Å². The maximum absolute atomic E-state index is 10.7. The van der Waals surface area contributed by atoms with Gasteiger partial charge in [0.25, 0.3) is 5.69 Å². The average Bonchev–Trinajstić information content (AvgIpc) is 2.82. The van der Waals surface area contributed by atoms with Crippen molar-refractivity contribution in [3.05, 3.63) is 75.8 Å². The number of azo groups is 1. The molecule has 0 aliphatic rings. The van der Waals surface area contributed by atoms with Gasteiger partial charge in [0.05, 0.1) is 22.8 Å². The van der Waals surface area contributed by atoms with E-state index in [1.165, 1.54) is 24.3 Å². The second-order valence-electron chi connectivity index (χ2n) is 6.69. The Morgan fingerprint density at radius 3 is 2.58 bits per heavy atom. The maximum Gasteiger partial charge on any atom is 0.269 e. The molecule has 3 aromatic rings. The van der Waals surface area contributed by atoms with Crippen LogP contribution in [0.3, 0.4) is 0 Å². The number of nitrogens with two attached hydrogens (primary N) is 1. The minimum absolute atomic E-state index is 0.0517. The van der Waals surface area contributed by atoms with E-state index in [4.69, 9.17) is 15.2 Å². The number of ether oxygens (including phenoxy) is 2. The molecule has 0 bridgehead atoms. The molecule has 33 heavy (non-hydrogen) atoms. The molecule has 0 amide bonds. The topological polar surface area (TPSA) is 161 Å². The largest absolute Gasteiger partial charge is 0.468 e. The van der Waals surface area contributed by atoms with Gasteiger partial charge >= 0.3 is 0 Å². The summed E-state index contributed by atoms with van der Waals surface area (Å²) in [5, 5.41) is 31.5. The Hall–Kier alpha value is -4.56. The number of pyridine rings is 1. The van der Waals surface area contributed by atoms with Crippen LogP contribution in [0.2, 0.25) is 0 Å². The highest BCUT2D eigenvalue weighted by molar-refractivity contribution is 5.72. The minimum atomic E-state index is -0.501. The van der Waals surface area contributed by atoms with Gasteiger partial charge in [-0.15, -0.1) is 5.11 Å². The molecule has 1 aromatic heterocycles. The van der Waals surface area contributed by atoms with Gasteiger partial charge in [0.1, 0.15) is 23.3 Å². The monoisotopic (exact) mass is 447 g/mol. The Morgan fingerprint density at radius 1 is 1.18 bits per heavy atom. The van der Waals surface area contributed by atoms with Crippen molar-refractivity contribution in [2.24, 2.45) is 10.2 Å². The van der Waals surface area contributed by atoms with Crippen molar-refractivity contribution in [1.29, 1.82) is 5.26 Å². The highest BCUT2D eigenvalue weighted by Gasteiger charge is 2.15. The Kier molecular flexibility index (Phi) is 7.82. The molecule has 0 unspecified atom stereocenters. The standard InChI is InChI=1S/C22H21N7O4/c1-15-19(13-23)22(25-11-12-32-14-33-18-5-3-2-4-6-18)26-21(24)20(15)28-27-16-7-9-17(10-8-16)29(30)31/h2-10H,11-12,14H2,1H3,(H3,24,25,26). The molecule has 1 heterocycles. The molecule has 0 fully saturated rings. The lowest BCUT2D eigenvalue weighted by atomic mass is 10.1. The van der Waals surface area contributed by atoms with E-state index in [2.05, 4.69) is 26.6 Å². The van der Waals surface area contributed by atoms with Crippen molar-refractivity contribution >= 4 is 28.7 Å². The van der Waals surface area contributed by atoms with Gasteiger partial charge in [-0.1, -0.05) is 18.2 Å². The zero-order chi connectivity index (χ0) is 23.6. The van der Waals surface area contributed by atoms with Crippen molar-refractivity contribution in [2.45, 2.75) is 6.92 Å². The first-order chi connectivity index (χ1) is 16.0. The third-order valence-electron chi connectivity index (χ3n) is 4.47. The Labute approximate surface area is 189 Å². The lowest BCUT2D eigenvalue weighted by Crippen LogP contribution is -2.14. The molecule has 0 aliphatic heterocycles. The summed E-state index contributed by atoms with van der Waals surface area (Å²) in [5.74, 6) is 1.11. The second-order valence-corrected chi connectivity index (χ2v) is 6.69. The Balaban J connectivity index is 1.61. The van der Waals surface area contributed by atoms with Gasteiger partial charge in [0.15, 0.2) is 12.6 Å². The van der Waals surface area contributed by atoms with Crippen molar-refractivity contribution in [2.75, 3.05) is 31.0 Å². The van der Waals surface area contributed by atoms with E-state index in [0.29, 0.717) is 36.0 Å². The van der Waals surface area contributed by atoms with Crippen molar-refractivity contribution in [3.8, 4) is 11.8 Å². The van der Waals surface area contributed by atoms with E-state index in [9.17, 15) is 15.4 Å². The molecule has 11 nitrogen and oxygen atoms in total. The molecular weight excluding hydrogens is 426 g/mol. The number of para-hydroxylation sites is 1. The van der Waals surface area contributed by atoms with Gasteiger partial charge in [0, 0.05) is 24.2 Å². The normalized spacial score (nSPS) is 10.7. The first kappa shape index (κ1) is 23.1. The third kappa shape index (κ3) is 6.22. The van der Waals surface area contributed by atoms with Crippen LogP contribution in [0.1, 0.15) is 11.1 Å². The van der Waals surface area contributed by atoms with Crippen LogP contribution in [0.25, 0.3) is 0 Å². The summed E-state index contributed by atoms with van der Waals surface area (Å²) in [4.78, 5) is 14.5. The van der Waals surface area contributed by atoms with Crippen LogP contribution in [0.15, 0.2) is 64.8 Å². The number of nitrogens with zero attached hydrogens (tertiary/aromatic N) is 5. The lowest BCUT2D eigenvalue weighted by molar-refractivity contribution is -0.384. The fourth-order valence-electron chi connectivity index (χ4n) is 2.78. The molecule has 0 atom stereocenters. The number of nitriles is 1. The molecule has 3 N–H and O–H groups in total. The highest BCUT2D eigenvalue weighted by Crippen LogP contribution is 2.33. The molecule has 3 rings (SSSR count). The SMILES string of the molecule is Cc1c(C#N)c(NCCOCOc2ccccc2)nc(N)c1N=Nc1ccc([N+](=O)[O-])cc1.